The normalized spacial score (nSPS) is 21.4. The van der Waals surface area contributed by atoms with Crippen LogP contribution in [0.2, 0.25) is 0 Å². The second-order valence-electron chi connectivity index (χ2n) is 6.33. The third-order valence-electron chi connectivity index (χ3n) is 3.96. The highest BCUT2D eigenvalue weighted by Gasteiger charge is 2.31. The Bertz CT molecular complexity index is 425. The van der Waals surface area contributed by atoms with Crippen LogP contribution in [0.3, 0.4) is 0 Å². The predicted octanol–water partition coefficient (Wildman–Crippen LogP) is 3.40. The van der Waals surface area contributed by atoms with Crippen LogP contribution in [0.15, 0.2) is 18.2 Å². The van der Waals surface area contributed by atoms with Gasteiger partial charge < -0.3 is 5.11 Å². The third-order valence-corrected chi connectivity index (χ3v) is 3.96. The summed E-state index contributed by atoms with van der Waals surface area (Å²) >= 11 is 0. The molecule has 1 unspecified atom stereocenters. The molecule has 0 aromatic heterocycles. The van der Waals surface area contributed by atoms with Crippen molar-refractivity contribution in [2.45, 2.75) is 33.7 Å². The van der Waals surface area contributed by atoms with Crippen LogP contribution in [0.25, 0.3) is 0 Å². The average molecular weight is 251 g/mol. The van der Waals surface area contributed by atoms with E-state index >= 15 is 0 Å². The summed E-state index contributed by atoms with van der Waals surface area (Å²) < 4.78 is 13.3. The molecule has 1 aromatic rings. The number of para-hydroxylation sites is 1. The van der Waals surface area contributed by atoms with Gasteiger partial charge in [0.25, 0.3) is 0 Å². The maximum absolute atomic E-state index is 13.3. The summed E-state index contributed by atoms with van der Waals surface area (Å²) in [5.41, 5.74) is 1.00. The van der Waals surface area contributed by atoms with Crippen LogP contribution >= 0.6 is 0 Å². The fourth-order valence-corrected chi connectivity index (χ4v) is 2.61. The highest BCUT2D eigenvalue weighted by atomic mass is 19.1. The van der Waals surface area contributed by atoms with E-state index in [0.29, 0.717) is 23.4 Å². The first-order chi connectivity index (χ1) is 8.38. The van der Waals surface area contributed by atoms with E-state index in [1.165, 1.54) is 12.5 Å². The molecule has 1 aliphatic heterocycles. The van der Waals surface area contributed by atoms with E-state index in [9.17, 15) is 9.50 Å². The summed E-state index contributed by atoms with van der Waals surface area (Å²) in [7, 11) is 0. The molecule has 2 nitrogen and oxygen atoms in total. The third kappa shape index (κ3) is 2.83. The zero-order valence-corrected chi connectivity index (χ0v) is 11.4. The van der Waals surface area contributed by atoms with Gasteiger partial charge in [0.2, 0.25) is 0 Å². The van der Waals surface area contributed by atoms with Crippen molar-refractivity contribution in [2.24, 2.45) is 11.3 Å². The van der Waals surface area contributed by atoms with Crippen molar-refractivity contribution in [1.82, 2.24) is 4.90 Å². The van der Waals surface area contributed by atoms with Crippen LogP contribution in [0.4, 0.5) is 4.39 Å². The van der Waals surface area contributed by atoms with E-state index in [4.69, 9.17) is 0 Å². The molecule has 1 aromatic carbocycles. The maximum atomic E-state index is 13.3. The minimum Gasteiger partial charge on any atom is -0.505 e. The molecule has 0 saturated carbocycles. The largest absolute Gasteiger partial charge is 0.505 e. The van der Waals surface area contributed by atoms with Gasteiger partial charge in [-0.1, -0.05) is 32.9 Å². The molecule has 1 heterocycles. The number of likely N-dealkylation sites (tertiary alicyclic amines) is 1. The molecule has 1 atom stereocenters. The van der Waals surface area contributed by atoms with E-state index in [1.807, 2.05) is 0 Å². The van der Waals surface area contributed by atoms with E-state index in [1.54, 1.807) is 12.1 Å². The summed E-state index contributed by atoms with van der Waals surface area (Å²) in [5.74, 6) is -0.0519. The zero-order valence-electron chi connectivity index (χ0n) is 11.4. The molecule has 0 spiro atoms. The SMILES string of the molecule is CC(C)(C)C1CCN(Cc2cccc(F)c2O)C1. The molecule has 2 rings (SSSR count). The predicted molar refractivity (Wildman–Crippen MR) is 70.9 cm³/mol. The number of aromatic hydroxyl groups is 1. The summed E-state index contributed by atoms with van der Waals surface area (Å²) in [6.07, 6.45) is 1.18. The van der Waals surface area contributed by atoms with Gasteiger partial charge >= 0.3 is 0 Å². The van der Waals surface area contributed by atoms with Gasteiger partial charge in [0.15, 0.2) is 11.6 Å². The molecule has 0 aliphatic carbocycles. The smallest absolute Gasteiger partial charge is 0.165 e. The molecule has 1 fully saturated rings. The van der Waals surface area contributed by atoms with Crippen LogP contribution in [-0.4, -0.2) is 23.1 Å². The van der Waals surface area contributed by atoms with Gasteiger partial charge in [0.1, 0.15) is 0 Å². The number of nitrogens with zero attached hydrogens (tertiary/aromatic N) is 1. The minimum absolute atomic E-state index is 0.197. The number of hydrogen-bond acceptors (Lipinski definition) is 2. The van der Waals surface area contributed by atoms with Gasteiger partial charge in [-0.05, 0) is 30.4 Å². The lowest BCUT2D eigenvalue weighted by atomic mass is 9.80. The number of hydrogen-bond donors (Lipinski definition) is 1. The number of phenolic OH excluding ortho intramolecular Hbond substituents is 1. The second-order valence-corrected chi connectivity index (χ2v) is 6.33. The van der Waals surface area contributed by atoms with Crippen molar-refractivity contribution in [3.8, 4) is 5.75 Å². The molecule has 1 saturated heterocycles. The van der Waals surface area contributed by atoms with Gasteiger partial charge in [-0.25, -0.2) is 4.39 Å². The van der Waals surface area contributed by atoms with Crippen LogP contribution in [0, 0.1) is 17.2 Å². The quantitative estimate of drug-likeness (QED) is 0.870. The van der Waals surface area contributed by atoms with Gasteiger partial charge in [-0.2, -0.15) is 0 Å². The maximum Gasteiger partial charge on any atom is 0.165 e. The van der Waals surface area contributed by atoms with Crippen molar-refractivity contribution in [3.05, 3.63) is 29.6 Å². The first kappa shape index (κ1) is 13.3. The first-order valence-corrected chi connectivity index (χ1v) is 6.56. The molecule has 3 heteroatoms. The Hall–Kier alpha value is -1.09. The summed E-state index contributed by atoms with van der Waals surface area (Å²) in [6.45, 7) is 9.48. The highest BCUT2D eigenvalue weighted by Crippen LogP contribution is 2.34. The minimum atomic E-state index is -0.529. The Morgan fingerprint density at radius 1 is 1.39 bits per heavy atom. The Morgan fingerprint density at radius 3 is 2.72 bits per heavy atom. The molecule has 1 N–H and O–H groups in total. The number of rotatable bonds is 2. The number of halogens is 1. The van der Waals surface area contributed by atoms with E-state index in [-0.39, 0.29) is 5.75 Å². The summed E-state index contributed by atoms with van der Waals surface area (Å²) in [4.78, 5) is 2.30. The second kappa shape index (κ2) is 4.88. The molecular weight excluding hydrogens is 229 g/mol. The Balaban J connectivity index is 2.02. The van der Waals surface area contributed by atoms with Gasteiger partial charge in [-0.15, -0.1) is 0 Å². The van der Waals surface area contributed by atoms with Crippen LogP contribution in [-0.2, 0) is 6.54 Å². The number of benzene rings is 1. The fraction of sp³-hybridized carbons (Fsp3) is 0.600. The molecule has 0 bridgehead atoms. The van der Waals surface area contributed by atoms with Gasteiger partial charge in [0, 0.05) is 18.7 Å². The average Bonchev–Trinajstić information content (AvgIpc) is 2.73. The zero-order chi connectivity index (χ0) is 13.3. The molecule has 0 radical (unpaired) electrons. The first-order valence-electron chi connectivity index (χ1n) is 6.56. The van der Waals surface area contributed by atoms with E-state index in [0.717, 1.165) is 13.1 Å². The Labute approximate surface area is 108 Å². The monoisotopic (exact) mass is 251 g/mol. The lowest BCUT2D eigenvalue weighted by molar-refractivity contribution is 0.225. The summed E-state index contributed by atoms with van der Waals surface area (Å²) in [5, 5.41) is 9.68. The Kier molecular flexibility index (Phi) is 3.62. The van der Waals surface area contributed by atoms with Crippen molar-refractivity contribution >= 4 is 0 Å². The molecular formula is C15H22FNO. The van der Waals surface area contributed by atoms with Crippen molar-refractivity contribution in [2.75, 3.05) is 13.1 Å². The molecule has 1 aliphatic rings. The molecule has 18 heavy (non-hydrogen) atoms. The molecule has 100 valence electrons. The van der Waals surface area contributed by atoms with Gasteiger partial charge in [0.05, 0.1) is 0 Å². The van der Waals surface area contributed by atoms with Crippen molar-refractivity contribution in [3.63, 3.8) is 0 Å². The highest BCUT2D eigenvalue weighted by molar-refractivity contribution is 5.33. The fourth-order valence-electron chi connectivity index (χ4n) is 2.61. The summed E-state index contributed by atoms with van der Waals surface area (Å²) in [6, 6.07) is 4.74. The van der Waals surface area contributed by atoms with E-state index in [2.05, 4.69) is 25.7 Å². The van der Waals surface area contributed by atoms with Crippen LogP contribution in [0.5, 0.6) is 5.75 Å². The lowest BCUT2D eigenvalue weighted by Crippen LogP contribution is -2.25. The van der Waals surface area contributed by atoms with Crippen LogP contribution in [0.1, 0.15) is 32.8 Å². The van der Waals surface area contributed by atoms with Crippen LogP contribution < -0.4 is 0 Å². The van der Waals surface area contributed by atoms with Crippen molar-refractivity contribution in [1.29, 1.82) is 0 Å². The molecule has 0 amide bonds. The van der Waals surface area contributed by atoms with E-state index < -0.39 is 5.82 Å². The topological polar surface area (TPSA) is 23.5 Å². The van der Waals surface area contributed by atoms with Gasteiger partial charge in [-0.3, -0.25) is 4.90 Å². The van der Waals surface area contributed by atoms with Crippen molar-refractivity contribution < 1.29 is 9.50 Å². The standard InChI is InChI=1S/C15H22FNO/c1-15(2,3)12-7-8-17(10-12)9-11-5-4-6-13(16)14(11)18/h4-6,12,18H,7-10H2,1-3H3. The lowest BCUT2D eigenvalue weighted by Gasteiger charge is -2.27. The Morgan fingerprint density at radius 2 is 2.11 bits per heavy atom. The number of phenols is 1.